The first-order valence-corrected chi connectivity index (χ1v) is 10.4. The van der Waals surface area contributed by atoms with E-state index in [1.807, 2.05) is 19.1 Å². The van der Waals surface area contributed by atoms with Gasteiger partial charge in [0.15, 0.2) is 0 Å². The van der Waals surface area contributed by atoms with Crippen molar-refractivity contribution in [3.63, 3.8) is 0 Å². The highest BCUT2D eigenvalue weighted by Gasteiger charge is 2.36. The standard InChI is InChI=1S/C22H22F3N7/c1-12-16(10-29-32-12)14-5-2-6-15-17(9-27-19(14)15)20-18(22(23,24)25)11-28-21(31-20)30-13-4-3-7-26-8-13/h2,5-6,9-11,13,26-27H,3-4,7-8H2,1H3,(H,29,32)(H,28,30,31)/t13-/m1/s1. The zero-order chi connectivity index (χ0) is 22.3. The summed E-state index contributed by atoms with van der Waals surface area (Å²) < 4.78 is 41.6. The molecule has 5 rings (SSSR count). The number of nitrogens with one attached hydrogen (secondary N) is 4. The first kappa shape index (κ1) is 20.5. The smallest absolute Gasteiger partial charge is 0.360 e. The van der Waals surface area contributed by atoms with E-state index in [1.165, 1.54) is 0 Å². The van der Waals surface area contributed by atoms with Crippen LogP contribution in [0.15, 0.2) is 36.8 Å². The Balaban J connectivity index is 1.63. The quantitative estimate of drug-likeness (QED) is 0.374. The van der Waals surface area contributed by atoms with Gasteiger partial charge in [-0.2, -0.15) is 18.3 Å². The van der Waals surface area contributed by atoms with Crippen molar-refractivity contribution in [3.05, 3.63) is 48.0 Å². The number of piperidine rings is 1. The molecule has 4 aromatic rings. The summed E-state index contributed by atoms with van der Waals surface area (Å²) in [4.78, 5) is 11.4. The number of aromatic amines is 2. The second-order valence-corrected chi connectivity index (χ2v) is 7.98. The lowest BCUT2D eigenvalue weighted by Crippen LogP contribution is -2.38. The van der Waals surface area contributed by atoms with E-state index in [-0.39, 0.29) is 17.7 Å². The number of aromatic nitrogens is 5. The molecule has 4 heterocycles. The number of H-pyrrole nitrogens is 2. The molecule has 0 radical (unpaired) electrons. The predicted molar refractivity (Wildman–Crippen MR) is 116 cm³/mol. The summed E-state index contributed by atoms with van der Waals surface area (Å²) in [5, 5.41) is 14.1. The molecule has 0 saturated carbocycles. The Kier molecular flexibility index (Phi) is 5.09. The lowest BCUT2D eigenvalue weighted by molar-refractivity contribution is -0.137. The second-order valence-electron chi connectivity index (χ2n) is 7.98. The molecule has 0 spiro atoms. The lowest BCUT2D eigenvalue weighted by Gasteiger charge is -2.24. The lowest BCUT2D eigenvalue weighted by atomic mass is 10.0. The molecule has 1 aromatic carbocycles. The number of nitrogens with zero attached hydrogens (tertiary/aromatic N) is 3. The fourth-order valence-electron chi connectivity index (χ4n) is 4.22. The van der Waals surface area contributed by atoms with E-state index >= 15 is 0 Å². The zero-order valence-corrected chi connectivity index (χ0v) is 17.3. The van der Waals surface area contributed by atoms with E-state index in [1.54, 1.807) is 18.5 Å². The second kappa shape index (κ2) is 7.94. The third kappa shape index (κ3) is 3.70. The van der Waals surface area contributed by atoms with Gasteiger partial charge in [-0.3, -0.25) is 5.10 Å². The van der Waals surface area contributed by atoms with Gasteiger partial charge >= 0.3 is 6.18 Å². The normalized spacial score (nSPS) is 17.1. The fourth-order valence-corrected chi connectivity index (χ4v) is 4.22. The summed E-state index contributed by atoms with van der Waals surface area (Å²) in [5.74, 6) is 0.192. The van der Waals surface area contributed by atoms with Crippen molar-refractivity contribution in [1.29, 1.82) is 0 Å². The third-order valence-corrected chi connectivity index (χ3v) is 5.81. The number of anilines is 1. The third-order valence-electron chi connectivity index (χ3n) is 5.81. The van der Waals surface area contributed by atoms with Crippen molar-refractivity contribution in [3.8, 4) is 22.4 Å². The molecule has 1 atom stereocenters. The summed E-state index contributed by atoms with van der Waals surface area (Å²) in [6, 6.07) is 5.60. The molecule has 0 amide bonds. The van der Waals surface area contributed by atoms with E-state index in [4.69, 9.17) is 0 Å². The van der Waals surface area contributed by atoms with E-state index in [0.29, 0.717) is 10.9 Å². The Morgan fingerprint density at radius 1 is 1.12 bits per heavy atom. The first-order valence-electron chi connectivity index (χ1n) is 10.4. The van der Waals surface area contributed by atoms with Crippen LogP contribution in [0.4, 0.5) is 19.1 Å². The van der Waals surface area contributed by atoms with E-state index in [9.17, 15) is 13.2 Å². The number of hydrogen-bond donors (Lipinski definition) is 4. The molecular weight excluding hydrogens is 419 g/mol. The summed E-state index contributed by atoms with van der Waals surface area (Å²) in [7, 11) is 0. The van der Waals surface area contributed by atoms with Crippen LogP contribution in [0.25, 0.3) is 33.3 Å². The predicted octanol–water partition coefficient (Wildman–Crippen LogP) is 4.51. The maximum Gasteiger partial charge on any atom is 0.419 e. The van der Waals surface area contributed by atoms with Crippen molar-refractivity contribution < 1.29 is 13.2 Å². The number of para-hydroxylation sites is 1. The molecule has 10 heteroatoms. The van der Waals surface area contributed by atoms with Crippen LogP contribution in [-0.2, 0) is 6.18 Å². The molecule has 1 aliphatic rings. The van der Waals surface area contributed by atoms with Crippen LogP contribution in [0.1, 0.15) is 24.1 Å². The highest BCUT2D eigenvalue weighted by atomic mass is 19.4. The number of rotatable bonds is 4. The number of alkyl halides is 3. The van der Waals surface area contributed by atoms with Gasteiger partial charge in [-0.25, -0.2) is 9.97 Å². The Morgan fingerprint density at radius 2 is 2.00 bits per heavy atom. The molecule has 1 saturated heterocycles. The maximum absolute atomic E-state index is 13.9. The Hall–Kier alpha value is -3.40. The Morgan fingerprint density at radius 3 is 2.72 bits per heavy atom. The average molecular weight is 441 g/mol. The van der Waals surface area contributed by atoms with E-state index in [2.05, 4.69) is 35.8 Å². The van der Waals surface area contributed by atoms with Crippen LogP contribution in [-0.4, -0.2) is 44.3 Å². The summed E-state index contributed by atoms with van der Waals surface area (Å²) in [6.45, 7) is 3.56. The van der Waals surface area contributed by atoms with Gasteiger partial charge in [0, 0.05) is 52.8 Å². The summed E-state index contributed by atoms with van der Waals surface area (Å²) >= 11 is 0. The maximum atomic E-state index is 13.9. The van der Waals surface area contributed by atoms with E-state index < -0.39 is 11.7 Å². The highest BCUT2D eigenvalue weighted by Crippen LogP contribution is 2.40. The molecule has 0 bridgehead atoms. The van der Waals surface area contributed by atoms with Gasteiger partial charge in [-0.05, 0) is 26.3 Å². The van der Waals surface area contributed by atoms with Crippen molar-refractivity contribution in [1.82, 2.24) is 30.5 Å². The van der Waals surface area contributed by atoms with Crippen LogP contribution in [0.3, 0.4) is 0 Å². The van der Waals surface area contributed by atoms with Crippen molar-refractivity contribution >= 4 is 16.9 Å². The van der Waals surface area contributed by atoms with Gasteiger partial charge in [-0.1, -0.05) is 18.2 Å². The van der Waals surface area contributed by atoms with Gasteiger partial charge in [0.25, 0.3) is 0 Å². The molecule has 32 heavy (non-hydrogen) atoms. The van der Waals surface area contributed by atoms with Gasteiger partial charge in [0.1, 0.15) is 5.56 Å². The molecule has 1 fully saturated rings. The molecule has 0 aliphatic carbocycles. The molecule has 0 unspecified atom stereocenters. The van der Waals surface area contributed by atoms with Crippen molar-refractivity contribution in [2.24, 2.45) is 0 Å². The van der Waals surface area contributed by atoms with Crippen LogP contribution in [0.2, 0.25) is 0 Å². The van der Waals surface area contributed by atoms with Crippen LogP contribution < -0.4 is 10.6 Å². The van der Waals surface area contributed by atoms with Gasteiger partial charge in [0.2, 0.25) is 5.95 Å². The molecule has 7 nitrogen and oxygen atoms in total. The molecule has 3 aromatic heterocycles. The molecule has 1 aliphatic heterocycles. The number of aryl methyl sites for hydroxylation is 1. The van der Waals surface area contributed by atoms with Crippen LogP contribution in [0, 0.1) is 6.92 Å². The molecule has 166 valence electrons. The number of halogens is 3. The van der Waals surface area contributed by atoms with Gasteiger partial charge in [-0.15, -0.1) is 0 Å². The Bertz CT molecular complexity index is 1250. The van der Waals surface area contributed by atoms with Crippen molar-refractivity contribution in [2.45, 2.75) is 32.0 Å². The molecule has 4 N–H and O–H groups in total. The summed E-state index contributed by atoms with van der Waals surface area (Å²) in [5.41, 5.74) is 2.71. The minimum atomic E-state index is -4.58. The minimum absolute atomic E-state index is 0.0759. The number of benzene rings is 1. The summed E-state index contributed by atoms with van der Waals surface area (Å²) in [6.07, 6.45) is 1.47. The topological polar surface area (TPSA) is 94.3 Å². The SMILES string of the molecule is Cc1[nH]ncc1-c1cccc2c(-c3nc(N[C@@H]4CCCNC4)ncc3C(F)(F)F)c[nH]c12. The monoisotopic (exact) mass is 441 g/mol. The first-order chi connectivity index (χ1) is 15.4. The van der Waals surface area contributed by atoms with E-state index in [0.717, 1.165) is 54.5 Å². The number of hydrogen-bond acceptors (Lipinski definition) is 5. The Labute approximate surface area is 181 Å². The van der Waals surface area contributed by atoms with Gasteiger partial charge in [0.05, 0.1) is 17.4 Å². The van der Waals surface area contributed by atoms with Crippen LogP contribution >= 0.6 is 0 Å². The average Bonchev–Trinajstić information content (AvgIpc) is 3.39. The minimum Gasteiger partial charge on any atom is -0.360 e. The fraction of sp³-hybridized carbons (Fsp3) is 0.318. The van der Waals surface area contributed by atoms with Gasteiger partial charge < -0.3 is 15.6 Å². The highest BCUT2D eigenvalue weighted by molar-refractivity contribution is 6.03. The number of fused-ring (bicyclic) bond motifs is 1. The molecular formula is C22H22F3N7. The largest absolute Gasteiger partial charge is 0.419 e. The van der Waals surface area contributed by atoms with Crippen LogP contribution in [0.5, 0.6) is 0 Å². The zero-order valence-electron chi connectivity index (χ0n) is 17.3. The van der Waals surface area contributed by atoms with Crippen molar-refractivity contribution in [2.75, 3.05) is 18.4 Å².